The summed E-state index contributed by atoms with van der Waals surface area (Å²) in [5, 5.41) is -0.563. The lowest BCUT2D eigenvalue weighted by atomic mass is 10.1. The minimum absolute atomic E-state index is 0.152. The van der Waals surface area contributed by atoms with Gasteiger partial charge in [-0.25, -0.2) is 8.78 Å². The predicted molar refractivity (Wildman–Crippen MR) is 50.6 cm³/mol. The molecule has 1 aliphatic heterocycles. The molecule has 0 bridgehead atoms. The summed E-state index contributed by atoms with van der Waals surface area (Å²) < 4.78 is 24.6. The summed E-state index contributed by atoms with van der Waals surface area (Å²) >= 11 is 5.74. The maximum Gasteiger partial charge on any atom is 0.243 e. The molecule has 82 valence electrons. The lowest BCUT2D eigenvalue weighted by molar-refractivity contribution is -0.130. The Kier molecular flexibility index (Phi) is 4.11. The molecule has 5 heteroatoms. The molecule has 1 aliphatic rings. The van der Waals surface area contributed by atoms with Crippen molar-refractivity contribution in [2.24, 2.45) is 5.92 Å². The molecule has 0 aliphatic carbocycles. The average molecular weight is 226 g/mol. The predicted octanol–water partition coefficient (Wildman–Crippen LogP) is 2.12. The van der Waals surface area contributed by atoms with Crippen molar-refractivity contribution in [3.8, 4) is 0 Å². The van der Waals surface area contributed by atoms with E-state index >= 15 is 0 Å². The van der Waals surface area contributed by atoms with Gasteiger partial charge in [0.05, 0.1) is 0 Å². The van der Waals surface area contributed by atoms with Crippen LogP contribution < -0.4 is 0 Å². The van der Waals surface area contributed by atoms with Crippen molar-refractivity contribution in [2.75, 3.05) is 13.1 Å². The molecule has 0 aromatic rings. The van der Waals surface area contributed by atoms with Crippen molar-refractivity contribution in [1.82, 2.24) is 4.90 Å². The summed E-state index contributed by atoms with van der Waals surface area (Å²) in [5.41, 5.74) is 0. The molecule has 0 spiro atoms. The van der Waals surface area contributed by atoms with Crippen LogP contribution in [0, 0.1) is 5.92 Å². The quantitative estimate of drug-likeness (QED) is 0.674. The van der Waals surface area contributed by atoms with Gasteiger partial charge in [-0.1, -0.05) is 6.92 Å². The first-order chi connectivity index (χ1) is 6.56. The standard InChI is InChI=1S/C9H14ClF2NO/c1-2-7(10)9(14)13-4-3-6(5-13)8(11)12/h6-8H,2-5H2,1H3. The topological polar surface area (TPSA) is 20.3 Å². The molecule has 0 N–H and O–H groups in total. The van der Waals surface area contributed by atoms with Crippen LogP contribution in [0.15, 0.2) is 0 Å². The zero-order valence-electron chi connectivity index (χ0n) is 8.05. The van der Waals surface area contributed by atoms with Gasteiger partial charge in [-0.05, 0) is 12.8 Å². The first kappa shape index (κ1) is 11.7. The molecule has 0 aromatic carbocycles. The molecule has 0 saturated carbocycles. The lowest BCUT2D eigenvalue weighted by Gasteiger charge is -2.18. The van der Waals surface area contributed by atoms with E-state index in [4.69, 9.17) is 11.6 Å². The van der Waals surface area contributed by atoms with Crippen LogP contribution in [0.25, 0.3) is 0 Å². The van der Waals surface area contributed by atoms with E-state index in [9.17, 15) is 13.6 Å². The first-order valence-corrected chi connectivity index (χ1v) is 5.21. The first-order valence-electron chi connectivity index (χ1n) is 4.77. The number of amides is 1. The molecule has 1 fully saturated rings. The molecule has 1 heterocycles. The van der Waals surface area contributed by atoms with Gasteiger partial charge in [-0.2, -0.15) is 0 Å². The number of halogens is 3. The normalized spacial score (nSPS) is 24.4. The molecule has 1 amide bonds. The Hall–Kier alpha value is -0.380. The maximum absolute atomic E-state index is 12.3. The summed E-state index contributed by atoms with van der Waals surface area (Å²) in [7, 11) is 0. The van der Waals surface area contributed by atoms with Crippen molar-refractivity contribution in [1.29, 1.82) is 0 Å². The minimum Gasteiger partial charge on any atom is -0.341 e. The van der Waals surface area contributed by atoms with E-state index < -0.39 is 17.7 Å². The Bertz CT molecular complexity index is 213. The van der Waals surface area contributed by atoms with E-state index in [2.05, 4.69) is 0 Å². The van der Waals surface area contributed by atoms with E-state index in [1.807, 2.05) is 0 Å². The van der Waals surface area contributed by atoms with E-state index in [1.54, 1.807) is 6.92 Å². The number of hydrogen-bond donors (Lipinski definition) is 0. The smallest absolute Gasteiger partial charge is 0.243 e. The van der Waals surface area contributed by atoms with Gasteiger partial charge in [-0.15, -0.1) is 11.6 Å². The second-order valence-electron chi connectivity index (χ2n) is 3.54. The fourth-order valence-corrected chi connectivity index (χ4v) is 1.70. The zero-order chi connectivity index (χ0) is 10.7. The van der Waals surface area contributed by atoms with Crippen LogP contribution in [0.4, 0.5) is 8.78 Å². The Morgan fingerprint density at radius 3 is 2.71 bits per heavy atom. The molecule has 1 rings (SSSR count). The molecule has 1 saturated heterocycles. The van der Waals surface area contributed by atoms with Gasteiger partial charge in [0.1, 0.15) is 5.38 Å². The minimum atomic E-state index is -2.33. The molecular formula is C9H14ClF2NO. The van der Waals surface area contributed by atoms with Crippen LogP contribution in [0.5, 0.6) is 0 Å². The van der Waals surface area contributed by atoms with Gasteiger partial charge in [0.25, 0.3) is 0 Å². The Balaban J connectivity index is 2.45. The summed E-state index contributed by atoms with van der Waals surface area (Å²) in [6.07, 6.45) is -1.41. The van der Waals surface area contributed by atoms with Gasteiger partial charge in [-0.3, -0.25) is 4.79 Å². The van der Waals surface area contributed by atoms with Gasteiger partial charge in [0, 0.05) is 19.0 Å². The van der Waals surface area contributed by atoms with Gasteiger partial charge >= 0.3 is 0 Å². The Labute approximate surface area is 87.2 Å². The highest BCUT2D eigenvalue weighted by atomic mass is 35.5. The van der Waals surface area contributed by atoms with Crippen molar-refractivity contribution < 1.29 is 13.6 Å². The molecule has 2 unspecified atom stereocenters. The highest BCUT2D eigenvalue weighted by Crippen LogP contribution is 2.24. The van der Waals surface area contributed by atoms with Crippen LogP contribution in [-0.2, 0) is 4.79 Å². The highest BCUT2D eigenvalue weighted by molar-refractivity contribution is 6.30. The Morgan fingerprint density at radius 1 is 1.64 bits per heavy atom. The second kappa shape index (κ2) is 4.91. The number of likely N-dealkylation sites (tertiary alicyclic amines) is 1. The molecule has 0 radical (unpaired) electrons. The number of carbonyl (C=O) groups excluding carboxylic acids is 1. The number of alkyl halides is 3. The fraction of sp³-hybridized carbons (Fsp3) is 0.889. The second-order valence-corrected chi connectivity index (χ2v) is 4.07. The number of rotatable bonds is 3. The van der Waals surface area contributed by atoms with Gasteiger partial charge in [0.15, 0.2) is 0 Å². The van der Waals surface area contributed by atoms with Crippen LogP contribution in [0.3, 0.4) is 0 Å². The SMILES string of the molecule is CCC(Cl)C(=O)N1CCC(C(F)F)C1. The van der Waals surface area contributed by atoms with Gasteiger partial charge < -0.3 is 4.90 Å². The third-order valence-corrected chi connectivity index (χ3v) is 3.01. The van der Waals surface area contributed by atoms with Crippen LogP contribution in [-0.4, -0.2) is 35.7 Å². The van der Waals surface area contributed by atoms with Crippen molar-refractivity contribution in [2.45, 2.75) is 31.6 Å². The highest BCUT2D eigenvalue weighted by Gasteiger charge is 2.33. The maximum atomic E-state index is 12.3. The fourth-order valence-electron chi connectivity index (χ4n) is 1.57. The van der Waals surface area contributed by atoms with Crippen molar-refractivity contribution in [3.63, 3.8) is 0 Å². The molecule has 2 nitrogen and oxygen atoms in total. The van der Waals surface area contributed by atoms with Crippen molar-refractivity contribution >= 4 is 17.5 Å². The van der Waals surface area contributed by atoms with Crippen molar-refractivity contribution in [3.05, 3.63) is 0 Å². The van der Waals surface area contributed by atoms with Crippen LogP contribution in [0.1, 0.15) is 19.8 Å². The zero-order valence-corrected chi connectivity index (χ0v) is 8.81. The molecule has 14 heavy (non-hydrogen) atoms. The molecule has 0 aromatic heterocycles. The van der Waals surface area contributed by atoms with Gasteiger partial charge in [0.2, 0.25) is 12.3 Å². The average Bonchev–Trinajstić information content (AvgIpc) is 2.64. The summed E-state index contributed by atoms with van der Waals surface area (Å²) in [6.45, 7) is 2.37. The summed E-state index contributed by atoms with van der Waals surface area (Å²) in [5.74, 6) is -0.878. The van der Waals surface area contributed by atoms with E-state index in [0.29, 0.717) is 19.4 Å². The largest absolute Gasteiger partial charge is 0.341 e. The molecule has 2 atom stereocenters. The van der Waals surface area contributed by atoms with Crippen LogP contribution in [0.2, 0.25) is 0 Å². The number of hydrogen-bond acceptors (Lipinski definition) is 1. The lowest BCUT2D eigenvalue weighted by Crippen LogP contribution is -2.35. The van der Waals surface area contributed by atoms with Crippen LogP contribution >= 0.6 is 11.6 Å². The number of nitrogens with zero attached hydrogens (tertiary/aromatic N) is 1. The third kappa shape index (κ3) is 2.56. The number of carbonyl (C=O) groups is 1. The summed E-state index contributed by atoms with van der Waals surface area (Å²) in [4.78, 5) is 12.9. The van der Waals surface area contributed by atoms with E-state index in [1.165, 1.54) is 4.90 Å². The monoisotopic (exact) mass is 225 g/mol. The molecular weight excluding hydrogens is 212 g/mol. The van der Waals surface area contributed by atoms with E-state index in [-0.39, 0.29) is 12.5 Å². The summed E-state index contributed by atoms with van der Waals surface area (Å²) in [6, 6.07) is 0. The van der Waals surface area contributed by atoms with E-state index in [0.717, 1.165) is 0 Å². The third-order valence-electron chi connectivity index (χ3n) is 2.52. The Morgan fingerprint density at radius 2 is 2.29 bits per heavy atom.